The molecule has 0 aromatic heterocycles. The van der Waals surface area contributed by atoms with Crippen molar-refractivity contribution >= 4 is 0 Å². The third-order valence-corrected chi connectivity index (χ3v) is 0.343. The molecule has 11 heteroatoms. The van der Waals surface area contributed by atoms with E-state index in [9.17, 15) is 10.1 Å². The van der Waals surface area contributed by atoms with Gasteiger partial charge in [0.2, 0.25) is 0 Å². The Morgan fingerprint density at radius 1 is 1.27 bits per heavy atom. The zero-order valence-electron chi connectivity index (χ0n) is 5.02. The lowest BCUT2D eigenvalue weighted by Crippen LogP contribution is -2.12. The van der Waals surface area contributed by atoms with Crippen molar-refractivity contribution in [2.45, 2.75) is 0 Å². The Hall–Kier alpha value is -2.20. The van der Waals surface area contributed by atoms with Crippen LogP contribution in [-0.2, 0) is 0 Å². The summed E-state index contributed by atoms with van der Waals surface area (Å²) in [5.74, 6) is 4.50. The topological polar surface area (TPSA) is 155 Å². The number of nitro groups is 1. The molecule has 0 radical (unpaired) electrons. The number of hydrogen-bond acceptors (Lipinski definition) is 4. The Morgan fingerprint density at radius 3 is 2.45 bits per heavy atom. The lowest BCUT2D eigenvalue weighted by atomic mass is 12.3. The van der Waals surface area contributed by atoms with Crippen molar-refractivity contribution in [1.82, 2.24) is 5.53 Å². The zero-order valence-corrected chi connectivity index (χ0v) is 5.02. The Labute approximate surface area is 59.1 Å². The van der Waals surface area contributed by atoms with Crippen LogP contribution in [0.5, 0.6) is 0 Å². The lowest BCUT2D eigenvalue weighted by molar-refractivity contribution is -0.546. The van der Waals surface area contributed by atoms with Crippen molar-refractivity contribution in [3.8, 4) is 0 Å². The molecule has 0 amide bonds. The van der Waals surface area contributed by atoms with E-state index in [0.717, 1.165) is 0 Å². The van der Waals surface area contributed by atoms with Gasteiger partial charge in [0.1, 0.15) is 5.22 Å². The number of nitrogens with zero attached hydrogens (tertiary/aromatic N) is 7. The summed E-state index contributed by atoms with van der Waals surface area (Å²) in [7, 11) is 0. The van der Waals surface area contributed by atoms with Gasteiger partial charge < -0.3 is 16.0 Å². The smallest absolute Gasteiger partial charge is 0.197 e. The number of rotatable bonds is 4. The summed E-state index contributed by atoms with van der Waals surface area (Å²) >= 11 is 0. The molecule has 0 aliphatic rings. The second kappa shape index (κ2) is 5.93. The first-order valence-electron chi connectivity index (χ1n) is 2.07. The van der Waals surface area contributed by atoms with Gasteiger partial charge in [-0.15, -0.1) is 0 Å². The van der Waals surface area contributed by atoms with Crippen molar-refractivity contribution in [1.29, 1.82) is 0 Å². The molecule has 0 rings (SSSR count). The standard InChI is InChI=1S/H3N9O2/c1-2-3-4-5-6-7-8-9(10)11/h(H2,1,3,5,7)(H,2,4,6,8). The minimum Gasteiger partial charge on any atom is -0.339 e. The third kappa shape index (κ3) is 7.80. The predicted octanol–water partition coefficient (Wildman–Crippen LogP) is -0.257. The fourth-order valence-electron chi connectivity index (χ4n) is 0.135. The molecule has 0 unspecified atom stereocenters. The van der Waals surface area contributed by atoms with Gasteiger partial charge in [0.15, 0.2) is 5.22 Å². The zero-order chi connectivity index (χ0) is 8.53. The second-order valence-electron chi connectivity index (χ2n) is 0.930. The summed E-state index contributed by atoms with van der Waals surface area (Å²) in [5.41, 5.74) is 1.35. The summed E-state index contributed by atoms with van der Waals surface area (Å²) in [6, 6.07) is 0. The molecule has 0 aliphatic carbocycles. The third-order valence-electron chi connectivity index (χ3n) is 0.343. The molecule has 0 aliphatic heterocycles. The van der Waals surface area contributed by atoms with Gasteiger partial charge in [0, 0.05) is 16.0 Å². The monoisotopic (exact) mass is 161 g/mol. The SMILES string of the molecule is N/N=N/N=N/N=N/N[N+](=O)[O-]. The fraction of sp³-hybridized carbons (Fsp3) is 0. The Bertz CT molecular complexity index is 188. The highest BCUT2D eigenvalue weighted by molar-refractivity contribution is 4.06. The van der Waals surface area contributed by atoms with Crippen LogP contribution in [-0.4, -0.2) is 5.03 Å². The molecule has 0 saturated heterocycles. The number of hydrazine groups is 1. The Kier molecular flexibility index (Phi) is 4.74. The maximum atomic E-state index is 9.49. The molecule has 0 saturated carbocycles. The van der Waals surface area contributed by atoms with E-state index in [0.29, 0.717) is 0 Å². The van der Waals surface area contributed by atoms with Crippen LogP contribution in [0.25, 0.3) is 0 Å². The van der Waals surface area contributed by atoms with E-state index in [-0.39, 0.29) is 0 Å². The van der Waals surface area contributed by atoms with E-state index in [2.05, 4.69) is 37.2 Å². The van der Waals surface area contributed by atoms with E-state index >= 15 is 0 Å². The summed E-state index contributed by atoms with van der Waals surface area (Å²) in [6.45, 7) is 0. The van der Waals surface area contributed by atoms with Crippen LogP contribution in [0, 0.1) is 10.1 Å². The van der Waals surface area contributed by atoms with E-state index < -0.39 is 5.03 Å². The first-order chi connectivity index (χ1) is 5.27. The van der Waals surface area contributed by atoms with Crippen LogP contribution < -0.4 is 11.4 Å². The van der Waals surface area contributed by atoms with Crippen LogP contribution >= 0.6 is 0 Å². The van der Waals surface area contributed by atoms with Gasteiger partial charge in [0.25, 0.3) is 0 Å². The van der Waals surface area contributed by atoms with Gasteiger partial charge in [0.05, 0.1) is 5.03 Å². The van der Waals surface area contributed by atoms with Crippen molar-refractivity contribution < 1.29 is 5.03 Å². The van der Waals surface area contributed by atoms with Crippen LogP contribution in [0.2, 0.25) is 0 Å². The molecule has 60 valence electrons. The van der Waals surface area contributed by atoms with Crippen molar-refractivity contribution in [2.24, 2.45) is 37.2 Å². The highest BCUT2D eigenvalue weighted by Crippen LogP contribution is 1.78. The molecule has 0 fully saturated rings. The molecule has 0 aromatic carbocycles. The minimum atomic E-state index is -0.927. The van der Waals surface area contributed by atoms with Gasteiger partial charge >= 0.3 is 0 Å². The molecule has 0 bridgehead atoms. The Morgan fingerprint density at radius 2 is 1.91 bits per heavy atom. The normalized spacial score (nSPS) is 11.6. The minimum absolute atomic E-state index is 0.927. The summed E-state index contributed by atoms with van der Waals surface area (Å²) in [4.78, 5) is 9.49. The molecule has 11 heavy (non-hydrogen) atoms. The van der Waals surface area contributed by atoms with E-state index in [1.54, 1.807) is 0 Å². The number of nitrogens with one attached hydrogen (secondary N) is 1. The summed E-state index contributed by atoms with van der Waals surface area (Å²) < 4.78 is 0. The fourth-order valence-corrected chi connectivity index (χ4v) is 0.135. The molecule has 0 heterocycles. The number of nitrogens with two attached hydrogens (primary N) is 1. The quantitative estimate of drug-likeness (QED) is 0.252. The van der Waals surface area contributed by atoms with Crippen molar-refractivity contribution in [3.63, 3.8) is 0 Å². The first-order valence-corrected chi connectivity index (χ1v) is 2.07. The average Bonchev–Trinajstić information content (AvgIpc) is 1.96. The van der Waals surface area contributed by atoms with Crippen LogP contribution in [0.1, 0.15) is 0 Å². The molecular formula is H3N9O2. The van der Waals surface area contributed by atoms with E-state index in [1.165, 1.54) is 5.53 Å². The molecule has 0 spiro atoms. The van der Waals surface area contributed by atoms with Crippen LogP contribution in [0.4, 0.5) is 0 Å². The largest absolute Gasteiger partial charge is 0.339 e. The Balaban J connectivity index is 3.51. The van der Waals surface area contributed by atoms with Crippen LogP contribution in [0.15, 0.2) is 31.3 Å². The summed E-state index contributed by atoms with van der Waals surface area (Å²) in [6.07, 6.45) is 0. The molecule has 0 atom stereocenters. The van der Waals surface area contributed by atoms with Gasteiger partial charge in [-0.25, -0.2) is 0 Å². The molecule has 11 nitrogen and oxygen atoms in total. The second-order valence-corrected chi connectivity index (χ2v) is 0.930. The lowest BCUT2D eigenvalue weighted by Gasteiger charge is -1.81. The van der Waals surface area contributed by atoms with Gasteiger partial charge in [-0.3, -0.25) is 0 Å². The molecule has 0 aromatic rings. The van der Waals surface area contributed by atoms with Gasteiger partial charge in [-0.05, 0) is 5.22 Å². The first kappa shape index (κ1) is 8.80. The predicted molar refractivity (Wildman–Crippen MR) is 28.9 cm³/mol. The highest BCUT2D eigenvalue weighted by atomic mass is 16.7. The average molecular weight is 161 g/mol. The molecular weight excluding hydrogens is 158 g/mol. The van der Waals surface area contributed by atoms with Crippen LogP contribution in [0.3, 0.4) is 0 Å². The summed E-state index contributed by atoms with van der Waals surface area (Å²) in [5, 5.41) is 25.2. The van der Waals surface area contributed by atoms with E-state index in [4.69, 9.17) is 0 Å². The maximum absolute atomic E-state index is 9.49. The van der Waals surface area contributed by atoms with E-state index in [1.807, 2.05) is 0 Å². The molecule has 3 N–H and O–H groups in total. The van der Waals surface area contributed by atoms with Crippen molar-refractivity contribution in [2.75, 3.05) is 0 Å². The van der Waals surface area contributed by atoms with Gasteiger partial charge in [-0.1, -0.05) is 5.22 Å². The maximum Gasteiger partial charge on any atom is 0.197 e. The number of hydrogen-bond donors (Lipinski definition) is 2. The van der Waals surface area contributed by atoms with Gasteiger partial charge in [-0.2, -0.15) is 0 Å². The van der Waals surface area contributed by atoms with Crippen molar-refractivity contribution in [3.05, 3.63) is 10.1 Å². The highest BCUT2D eigenvalue weighted by Gasteiger charge is 1.83.